The molecule has 0 bridgehead atoms. The van der Waals surface area contributed by atoms with Crippen LogP contribution in [0.1, 0.15) is 34.6 Å². The topological polar surface area (TPSA) is 18.5 Å². The predicted octanol–water partition coefficient (Wildman–Crippen LogP) is 6.83. The summed E-state index contributed by atoms with van der Waals surface area (Å²) in [6.45, 7) is -0.324. The van der Waals surface area contributed by atoms with Gasteiger partial charge in [-0.2, -0.15) is 13.2 Å². The third kappa shape index (κ3) is 5.03. The second-order valence-electron chi connectivity index (χ2n) is 7.55. The van der Waals surface area contributed by atoms with E-state index < -0.39 is 18.7 Å². The number of hydrogen-bond acceptors (Lipinski definition) is 2. The zero-order valence-corrected chi connectivity index (χ0v) is 16.5. The zero-order valence-electron chi connectivity index (χ0n) is 16.5. The fraction of sp³-hybridized carbons (Fsp3) is 0.280. The van der Waals surface area contributed by atoms with Crippen LogP contribution in [0, 0.1) is 0 Å². The molecule has 0 saturated carbocycles. The molecule has 0 aromatic heterocycles. The fourth-order valence-electron chi connectivity index (χ4n) is 3.81. The van der Waals surface area contributed by atoms with Gasteiger partial charge < -0.3 is 9.47 Å². The van der Waals surface area contributed by atoms with E-state index in [1.807, 2.05) is 42.5 Å². The van der Waals surface area contributed by atoms with E-state index in [0.717, 1.165) is 36.0 Å². The largest absolute Gasteiger partial charge is 0.457 e. The molecule has 0 saturated heterocycles. The number of alkyl halides is 3. The van der Waals surface area contributed by atoms with Crippen LogP contribution >= 0.6 is 0 Å². The highest BCUT2D eigenvalue weighted by atomic mass is 19.4. The van der Waals surface area contributed by atoms with Gasteiger partial charge in [0.15, 0.2) is 0 Å². The van der Waals surface area contributed by atoms with Crippen LogP contribution in [0.25, 0.3) is 0 Å². The Bertz CT molecular complexity index is 983. The van der Waals surface area contributed by atoms with Gasteiger partial charge in [0, 0.05) is 0 Å². The van der Waals surface area contributed by atoms with Crippen molar-refractivity contribution in [2.75, 3.05) is 6.61 Å². The standard InChI is InChI=1S/C25H23F3O2/c26-25(27,28)24(21-13-12-19-7-5-8-20(19)15-21)17-29-16-18-6-4-11-23(14-18)30-22-9-2-1-3-10-22/h1-4,6,9-15,24H,5,7-8,16-17H2. The van der Waals surface area contributed by atoms with Crippen molar-refractivity contribution in [2.24, 2.45) is 0 Å². The zero-order chi connectivity index (χ0) is 21.0. The smallest absolute Gasteiger partial charge is 0.397 e. The summed E-state index contributed by atoms with van der Waals surface area (Å²) < 4.78 is 52.4. The van der Waals surface area contributed by atoms with Crippen LogP contribution < -0.4 is 4.74 Å². The number of hydrogen-bond donors (Lipinski definition) is 0. The molecule has 0 aliphatic heterocycles. The average Bonchev–Trinajstić information content (AvgIpc) is 3.19. The minimum Gasteiger partial charge on any atom is -0.457 e. The fourth-order valence-corrected chi connectivity index (χ4v) is 3.81. The highest BCUT2D eigenvalue weighted by Gasteiger charge is 2.41. The van der Waals surface area contributed by atoms with E-state index in [0.29, 0.717) is 11.5 Å². The molecule has 5 heteroatoms. The second kappa shape index (κ2) is 8.92. The van der Waals surface area contributed by atoms with Gasteiger partial charge in [-0.25, -0.2) is 0 Å². The molecule has 0 fully saturated rings. The quantitative estimate of drug-likeness (QED) is 0.423. The Labute approximate surface area is 174 Å². The number of ether oxygens (including phenoxy) is 2. The molecule has 0 spiro atoms. The van der Waals surface area contributed by atoms with Crippen molar-refractivity contribution < 1.29 is 22.6 Å². The summed E-state index contributed by atoms with van der Waals surface area (Å²) in [5, 5.41) is 0. The van der Waals surface area contributed by atoms with Gasteiger partial charge in [-0.15, -0.1) is 0 Å². The van der Waals surface area contributed by atoms with Crippen LogP contribution in [0.5, 0.6) is 11.5 Å². The molecule has 3 aromatic carbocycles. The lowest BCUT2D eigenvalue weighted by molar-refractivity contribution is -0.163. The lowest BCUT2D eigenvalue weighted by Crippen LogP contribution is -2.25. The van der Waals surface area contributed by atoms with Crippen LogP contribution in [-0.2, 0) is 24.2 Å². The average molecular weight is 412 g/mol. The molecule has 30 heavy (non-hydrogen) atoms. The second-order valence-corrected chi connectivity index (χ2v) is 7.55. The molecule has 0 heterocycles. The number of rotatable bonds is 7. The van der Waals surface area contributed by atoms with E-state index in [4.69, 9.17) is 9.47 Å². The summed E-state index contributed by atoms with van der Waals surface area (Å²) in [6, 6.07) is 21.7. The van der Waals surface area contributed by atoms with Gasteiger partial charge in [0.1, 0.15) is 17.4 Å². The molecule has 1 aliphatic carbocycles. The van der Waals surface area contributed by atoms with Crippen molar-refractivity contribution in [1.82, 2.24) is 0 Å². The number of halogens is 3. The normalized spacial score (nSPS) is 14.4. The molecule has 2 nitrogen and oxygen atoms in total. The van der Waals surface area contributed by atoms with Gasteiger partial charge in [0.2, 0.25) is 0 Å². The van der Waals surface area contributed by atoms with Gasteiger partial charge in [0.05, 0.1) is 13.2 Å². The lowest BCUT2D eigenvalue weighted by atomic mass is 9.95. The highest BCUT2D eigenvalue weighted by Crippen LogP contribution is 2.37. The molecule has 0 N–H and O–H groups in total. The van der Waals surface area contributed by atoms with Crippen molar-refractivity contribution in [1.29, 1.82) is 0 Å². The van der Waals surface area contributed by atoms with Gasteiger partial charge in [0.25, 0.3) is 0 Å². The maximum atomic E-state index is 13.7. The third-order valence-electron chi connectivity index (χ3n) is 5.35. The first-order valence-electron chi connectivity index (χ1n) is 10.1. The van der Waals surface area contributed by atoms with Crippen LogP contribution in [0.2, 0.25) is 0 Å². The highest BCUT2D eigenvalue weighted by molar-refractivity contribution is 5.37. The number of benzene rings is 3. The van der Waals surface area contributed by atoms with Crippen molar-refractivity contribution in [2.45, 2.75) is 38.0 Å². The van der Waals surface area contributed by atoms with Crippen LogP contribution in [0.15, 0.2) is 72.8 Å². The Morgan fingerprint density at radius 2 is 1.57 bits per heavy atom. The first-order valence-corrected chi connectivity index (χ1v) is 10.1. The van der Waals surface area contributed by atoms with Crippen molar-refractivity contribution >= 4 is 0 Å². The minimum atomic E-state index is -4.36. The molecule has 1 atom stereocenters. The molecular weight excluding hydrogens is 389 g/mol. The van der Waals surface area contributed by atoms with E-state index in [1.165, 1.54) is 0 Å². The molecular formula is C25H23F3O2. The molecule has 156 valence electrons. The Hall–Kier alpha value is -2.79. The van der Waals surface area contributed by atoms with Gasteiger partial charge in [-0.05, 0) is 65.8 Å². The van der Waals surface area contributed by atoms with E-state index >= 15 is 0 Å². The SMILES string of the molecule is FC(F)(F)C(COCc1cccc(Oc2ccccc2)c1)c1ccc2c(c1)CCC2. The molecule has 3 aromatic rings. The van der Waals surface area contributed by atoms with E-state index in [-0.39, 0.29) is 12.2 Å². The van der Waals surface area contributed by atoms with Gasteiger partial charge >= 0.3 is 6.18 Å². The summed E-state index contributed by atoms with van der Waals surface area (Å²) in [4.78, 5) is 0. The van der Waals surface area contributed by atoms with Crippen molar-refractivity contribution in [3.63, 3.8) is 0 Å². The molecule has 1 aliphatic rings. The van der Waals surface area contributed by atoms with Crippen LogP contribution in [0.4, 0.5) is 13.2 Å². The summed E-state index contributed by atoms with van der Waals surface area (Å²) in [6.07, 6.45) is -1.55. The summed E-state index contributed by atoms with van der Waals surface area (Å²) in [5.41, 5.74) is 3.24. The Morgan fingerprint density at radius 1 is 0.800 bits per heavy atom. The number of aryl methyl sites for hydroxylation is 2. The summed E-state index contributed by atoms with van der Waals surface area (Å²) in [5.74, 6) is -0.315. The molecule has 0 radical (unpaired) electrons. The van der Waals surface area contributed by atoms with Crippen LogP contribution in [-0.4, -0.2) is 12.8 Å². The number of fused-ring (bicyclic) bond motifs is 1. The first-order chi connectivity index (χ1) is 14.5. The summed E-state index contributed by atoms with van der Waals surface area (Å²) in [7, 11) is 0. The van der Waals surface area contributed by atoms with Gasteiger partial charge in [-0.1, -0.05) is 48.5 Å². The monoisotopic (exact) mass is 412 g/mol. The molecule has 1 unspecified atom stereocenters. The molecule has 4 rings (SSSR count). The minimum absolute atomic E-state index is 0.0868. The Kier molecular flexibility index (Phi) is 6.09. The molecule has 0 amide bonds. The van der Waals surface area contributed by atoms with E-state index in [9.17, 15) is 13.2 Å². The maximum Gasteiger partial charge on any atom is 0.397 e. The summed E-state index contributed by atoms with van der Waals surface area (Å²) >= 11 is 0. The van der Waals surface area contributed by atoms with Crippen molar-refractivity contribution in [3.8, 4) is 11.5 Å². The number of para-hydroxylation sites is 1. The lowest BCUT2D eigenvalue weighted by Gasteiger charge is -2.21. The van der Waals surface area contributed by atoms with Gasteiger partial charge in [-0.3, -0.25) is 0 Å². The first kappa shape index (κ1) is 20.5. The van der Waals surface area contributed by atoms with Crippen LogP contribution in [0.3, 0.4) is 0 Å². The Balaban J connectivity index is 1.41. The predicted molar refractivity (Wildman–Crippen MR) is 110 cm³/mol. The maximum absolute atomic E-state index is 13.7. The third-order valence-corrected chi connectivity index (χ3v) is 5.35. The Morgan fingerprint density at radius 3 is 2.37 bits per heavy atom. The van der Waals surface area contributed by atoms with E-state index in [2.05, 4.69) is 0 Å². The van der Waals surface area contributed by atoms with Crippen molar-refractivity contribution in [3.05, 3.63) is 95.1 Å². The van der Waals surface area contributed by atoms with E-state index in [1.54, 1.807) is 30.3 Å².